The van der Waals surface area contributed by atoms with Crippen LogP contribution < -0.4 is 11.1 Å². The number of nitrogens with two attached hydrogens (primary N) is 1. The molecule has 0 saturated carbocycles. The molecule has 0 radical (unpaired) electrons. The van der Waals surface area contributed by atoms with E-state index in [1.165, 1.54) is 19.1 Å². The number of carbonyl (C=O) groups excluding carboxylic acids is 1. The second-order valence-electron chi connectivity index (χ2n) is 2.87. The lowest BCUT2D eigenvalue weighted by Gasteiger charge is -2.12. The van der Waals surface area contributed by atoms with E-state index in [-0.39, 0.29) is 5.69 Å². The van der Waals surface area contributed by atoms with Crippen LogP contribution in [0.1, 0.15) is 6.92 Å². The highest BCUT2D eigenvalue weighted by molar-refractivity contribution is 5.82. The first-order valence-corrected chi connectivity index (χ1v) is 4.02. The van der Waals surface area contributed by atoms with Crippen molar-refractivity contribution in [2.75, 3.05) is 5.32 Å². The van der Waals surface area contributed by atoms with Crippen LogP contribution in [0.5, 0.6) is 0 Å². The number of anilines is 1. The summed E-state index contributed by atoms with van der Waals surface area (Å²) in [7, 11) is 0. The van der Waals surface area contributed by atoms with Crippen molar-refractivity contribution in [1.29, 1.82) is 0 Å². The van der Waals surface area contributed by atoms with E-state index >= 15 is 0 Å². The second kappa shape index (κ2) is 4.04. The van der Waals surface area contributed by atoms with Crippen LogP contribution in [-0.2, 0) is 4.79 Å². The number of rotatable bonds is 3. The molecule has 1 aromatic carbocycles. The molecular formula is C9H10F2N2O. The summed E-state index contributed by atoms with van der Waals surface area (Å²) in [5.41, 5.74) is 4.88. The molecule has 1 atom stereocenters. The molecule has 76 valence electrons. The fraction of sp³-hybridized carbons (Fsp3) is 0.222. The van der Waals surface area contributed by atoms with E-state index in [4.69, 9.17) is 5.73 Å². The zero-order valence-electron chi connectivity index (χ0n) is 7.55. The lowest BCUT2D eigenvalue weighted by atomic mass is 10.2. The minimum atomic E-state index is -1.01. The van der Waals surface area contributed by atoms with E-state index in [1.54, 1.807) is 0 Å². The Hall–Kier alpha value is -1.65. The first kappa shape index (κ1) is 10.4. The van der Waals surface area contributed by atoms with E-state index in [0.717, 1.165) is 6.07 Å². The van der Waals surface area contributed by atoms with Gasteiger partial charge in [-0.2, -0.15) is 0 Å². The summed E-state index contributed by atoms with van der Waals surface area (Å²) < 4.78 is 25.7. The summed E-state index contributed by atoms with van der Waals surface area (Å²) in [5, 5.41) is 2.46. The van der Waals surface area contributed by atoms with Crippen LogP contribution in [0, 0.1) is 11.6 Å². The van der Waals surface area contributed by atoms with Gasteiger partial charge in [-0.05, 0) is 19.1 Å². The molecule has 0 aliphatic carbocycles. The van der Waals surface area contributed by atoms with Gasteiger partial charge < -0.3 is 11.1 Å². The quantitative estimate of drug-likeness (QED) is 0.771. The Labute approximate surface area is 79.9 Å². The number of benzene rings is 1. The van der Waals surface area contributed by atoms with Crippen molar-refractivity contribution in [3.8, 4) is 0 Å². The normalized spacial score (nSPS) is 12.2. The van der Waals surface area contributed by atoms with Gasteiger partial charge in [0.2, 0.25) is 5.91 Å². The van der Waals surface area contributed by atoms with E-state index in [1.807, 2.05) is 0 Å². The third-order valence-corrected chi connectivity index (χ3v) is 1.75. The molecule has 0 aliphatic heterocycles. The standard InChI is InChI=1S/C9H10F2N2O/c1-5(9(12)14)13-7-4-2-3-6(10)8(7)11/h2-5,13H,1H3,(H2,12,14). The minimum absolute atomic E-state index is 0.0729. The van der Waals surface area contributed by atoms with Crippen LogP contribution >= 0.6 is 0 Å². The smallest absolute Gasteiger partial charge is 0.239 e. The lowest BCUT2D eigenvalue weighted by molar-refractivity contribution is -0.118. The highest BCUT2D eigenvalue weighted by Gasteiger charge is 2.12. The largest absolute Gasteiger partial charge is 0.371 e. The highest BCUT2D eigenvalue weighted by Crippen LogP contribution is 2.17. The maximum absolute atomic E-state index is 13.0. The molecule has 0 heterocycles. The van der Waals surface area contributed by atoms with Crippen LogP contribution in [-0.4, -0.2) is 11.9 Å². The summed E-state index contributed by atoms with van der Waals surface area (Å²) in [6, 6.07) is 2.92. The topological polar surface area (TPSA) is 55.1 Å². The number of amides is 1. The average molecular weight is 200 g/mol. The van der Waals surface area contributed by atoms with E-state index in [0.29, 0.717) is 0 Å². The Morgan fingerprint density at radius 2 is 2.14 bits per heavy atom. The number of hydrogen-bond acceptors (Lipinski definition) is 2. The molecule has 1 rings (SSSR count). The summed E-state index contributed by atoms with van der Waals surface area (Å²) in [6.07, 6.45) is 0. The predicted octanol–water partition coefficient (Wildman–Crippen LogP) is 1.25. The zero-order chi connectivity index (χ0) is 10.7. The van der Waals surface area contributed by atoms with Crippen LogP contribution in [0.2, 0.25) is 0 Å². The Morgan fingerprint density at radius 1 is 1.50 bits per heavy atom. The number of carbonyl (C=O) groups is 1. The van der Waals surface area contributed by atoms with Gasteiger partial charge >= 0.3 is 0 Å². The van der Waals surface area contributed by atoms with Crippen LogP contribution in [0.3, 0.4) is 0 Å². The third-order valence-electron chi connectivity index (χ3n) is 1.75. The number of hydrogen-bond donors (Lipinski definition) is 2. The summed E-state index contributed by atoms with van der Waals surface area (Å²) in [5.74, 6) is -2.61. The fourth-order valence-electron chi connectivity index (χ4n) is 0.920. The van der Waals surface area contributed by atoms with Gasteiger partial charge in [-0.1, -0.05) is 6.07 Å². The molecule has 1 aromatic rings. The number of primary amides is 1. The third kappa shape index (κ3) is 2.18. The molecule has 0 spiro atoms. The molecule has 0 aromatic heterocycles. The van der Waals surface area contributed by atoms with Crippen molar-refractivity contribution in [3.63, 3.8) is 0 Å². The molecule has 0 fully saturated rings. The molecular weight excluding hydrogens is 190 g/mol. The Kier molecular flexibility index (Phi) is 3.01. The van der Waals surface area contributed by atoms with Crippen LogP contribution in [0.15, 0.2) is 18.2 Å². The van der Waals surface area contributed by atoms with Gasteiger partial charge in [0.1, 0.15) is 6.04 Å². The van der Waals surface area contributed by atoms with Gasteiger partial charge in [0.25, 0.3) is 0 Å². The van der Waals surface area contributed by atoms with Crippen molar-refractivity contribution in [3.05, 3.63) is 29.8 Å². The molecule has 3 N–H and O–H groups in total. The first-order valence-electron chi connectivity index (χ1n) is 4.02. The van der Waals surface area contributed by atoms with Gasteiger partial charge in [-0.15, -0.1) is 0 Å². The molecule has 0 saturated heterocycles. The summed E-state index contributed by atoms with van der Waals surface area (Å²) >= 11 is 0. The van der Waals surface area contributed by atoms with Crippen molar-refractivity contribution in [2.24, 2.45) is 5.73 Å². The fourth-order valence-corrected chi connectivity index (χ4v) is 0.920. The Bertz CT molecular complexity index is 355. The lowest BCUT2D eigenvalue weighted by Crippen LogP contribution is -2.32. The van der Waals surface area contributed by atoms with Crippen molar-refractivity contribution >= 4 is 11.6 Å². The molecule has 1 unspecified atom stereocenters. The van der Waals surface area contributed by atoms with Gasteiger partial charge in [-0.25, -0.2) is 8.78 Å². The van der Waals surface area contributed by atoms with E-state index < -0.39 is 23.6 Å². The van der Waals surface area contributed by atoms with Crippen molar-refractivity contribution < 1.29 is 13.6 Å². The SMILES string of the molecule is CC(Nc1cccc(F)c1F)C(N)=O. The van der Waals surface area contributed by atoms with E-state index in [9.17, 15) is 13.6 Å². The Balaban J connectivity index is 2.87. The predicted molar refractivity (Wildman–Crippen MR) is 48.6 cm³/mol. The highest BCUT2D eigenvalue weighted by atomic mass is 19.2. The molecule has 0 aliphatic rings. The van der Waals surface area contributed by atoms with Crippen LogP contribution in [0.25, 0.3) is 0 Å². The van der Waals surface area contributed by atoms with Gasteiger partial charge in [-0.3, -0.25) is 4.79 Å². The zero-order valence-corrected chi connectivity index (χ0v) is 7.55. The summed E-state index contributed by atoms with van der Waals surface area (Å²) in [6.45, 7) is 1.46. The Morgan fingerprint density at radius 3 is 2.71 bits per heavy atom. The molecule has 5 heteroatoms. The monoisotopic (exact) mass is 200 g/mol. The minimum Gasteiger partial charge on any atom is -0.371 e. The number of nitrogens with one attached hydrogen (secondary N) is 1. The van der Waals surface area contributed by atoms with E-state index in [2.05, 4.69) is 5.32 Å². The second-order valence-corrected chi connectivity index (χ2v) is 2.87. The molecule has 3 nitrogen and oxygen atoms in total. The first-order chi connectivity index (χ1) is 6.52. The van der Waals surface area contributed by atoms with Gasteiger partial charge in [0.15, 0.2) is 11.6 Å². The summed E-state index contributed by atoms with van der Waals surface area (Å²) in [4.78, 5) is 10.6. The van der Waals surface area contributed by atoms with Crippen molar-refractivity contribution in [1.82, 2.24) is 0 Å². The molecule has 0 bridgehead atoms. The molecule has 14 heavy (non-hydrogen) atoms. The maximum Gasteiger partial charge on any atom is 0.239 e. The number of halogens is 2. The maximum atomic E-state index is 13.0. The molecule has 1 amide bonds. The van der Waals surface area contributed by atoms with Crippen molar-refractivity contribution in [2.45, 2.75) is 13.0 Å². The van der Waals surface area contributed by atoms with Gasteiger partial charge in [0, 0.05) is 0 Å². The average Bonchev–Trinajstić information content (AvgIpc) is 2.12. The van der Waals surface area contributed by atoms with Gasteiger partial charge in [0.05, 0.1) is 5.69 Å². The van der Waals surface area contributed by atoms with Crippen LogP contribution in [0.4, 0.5) is 14.5 Å².